The van der Waals surface area contributed by atoms with Crippen LogP contribution in [0, 0.1) is 0 Å². The van der Waals surface area contributed by atoms with Gasteiger partial charge in [-0.3, -0.25) is 0 Å². The first kappa shape index (κ1) is 52.5. The van der Waals surface area contributed by atoms with Gasteiger partial charge in [0.2, 0.25) is 0 Å². The molecule has 0 saturated carbocycles. The molecule has 0 spiro atoms. The van der Waals surface area contributed by atoms with Crippen LogP contribution in [-0.4, -0.2) is 29.8 Å². The summed E-state index contributed by atoms with van der Waals surface area (Å²) in [6.07, 6.45) is 9.14. The third-order valence-electron chi connectivity index (χ3n) is 19.2. The molecular weight excluding hydrogens is 1110 g/mol. The fraction of sp³-hybridized carbons (Fsp3) is 0.0238. The Morgan fingerprint density at radius 2 is 0.584 bits per heavy atom. The number of fused-ring (bicyclic) bond motifs is 9. The molecule has 1 aliphatic rings. The Balaban J connectivity index is 0.829. The molecule has 0 fully saturated rings. The molecule has 0 atom stereocenters. The van der Waals surface area contributed by atoms with Crippen LogP contribution in [0.2, 0.25) is 0 Å². The Kier molecular flexibility index (Phi) is 12.7. The van der Waals surface area contributed by atoms with Crippen molar-refractivity contribution in [1.29, 1.82) is 0 Å². The lowest BCUT2D eigenvalue weighted by Gasteiger charge is -2.37. The van der Waals surface area contributed by atoms with Gasteiger partial charge in [0.05, 0.1) is 44.5 Å². The third kappa shape index (κ3) is 8.16. The van der Waals surface area contributed by atoms with Crippen LogP contribution in [0.3, 0.4) is 0 Å². The summed E-state index contributed by atoms with van der Waals surface area (Å²) in [5, 5.41) is 18.7. The van der Waals surface area contributed by atoms with E-state index in [4.69, 9.17) is 0 Å². The van der Waals surface area contributed by atoms with Crippen LogP contribution in [0.4, 0.5) is 0 Å². The van der Waals surface area contributed by atoms with E-state index in [1.807, 2.05) is 0 Å². The van der Waals surface area contributed by atoms with E-state index in [-0.39, 0.29) is 0 Å². The smallest absolute Gasteiger partial charge is 0.179 e. The summed E-state index contributed by atoms with van der Waals surface area (Å²) in [5.41, 5.74) is 12.8. The first-order valence-electron chi connectivity index (χ1n) is 31.1. The van der Waals surface area contributed by atoms with Crippen LogP contribution in [0.15, 0.2) is 351 Å². The average Bonchev–Trinajstić information content (AvgIpc) is 1.75. The molecule has 89 heavy (non-hydrogen) atoms. The SMILES string of the molecule is C1=CCCC([Si](c2ccccc2)(c2ccccc2)c2ccc3c(c2)c2ccccc2n3-c2ccc3c(c2)c2ccccc2n3-c2ccccc2-c2ccccc2-n2c3ccccc3c3cc([Si](c4ccccc4)(c4ccccc4)c4ccccc4)ccc32)=C1. The molecular formula is C84H61N3Si2. The van der Waals surface area contributed by atoms with Crippen molar-refractivity contribution in [2.45, 2.75) is 12.8 Å². The van der Waals surface area contributed by atoms with Crippen LogP contribution in [0.1, 0.15) is 12.8 Å². The molecule has 3 nitrogen and oxygen atoms in total. The van der Waals surface area contributed by atoms with E-state index < -0.39 is 16.1 Å². The molecule has 0 unspecified atom stereocenters. The van der Waals surface area contributed by atoms with Crippen LogP contribution >= 0.6 is 0 Å². The van der Waals surface area contributed by atoms with Gasteiger partial charge in [0.25, 0.3) is 0 Å². The van der Waals surface area contributed by atoms with Crippen molar-refractivity contribution >= 4 is 118 Å². The van der Waals surface area contributed by atoms with Gasteiger partial charge in [0.1, 0.15) is 0 Å². The molecule has 3 aromatic heterocycles. The summed E-state index contributed by atoms with van der Waals surface area (Å²) < 4.78 is 7.52. The predicted molar refractivity (Wildman–Crippen MR) is 383 cm³/mol. The zero-order chi connectivity index (χ0) is 58.9. The second-order valence-corrected chi connectivity index (χ2v) is 31.4. The monoisotopic (exact) mass is 1170 g/mol. The molecule has 17 rings (SSSR count). The van der Waals surface area contributed by atoms with E-state index in [1.165, 1.54) is 96.2 Å². The van der Waals surface area contributed by atoms with Crippen molar-refractivity contribution in [2.75, 3.05) is 0 Å². The number of benzene rings is 13. The van der Waals surface area contributed by atoms with Crippen molar-refractivity contribution in [1.82, 2.24) is 13.7 Å². The minimum absolute atomic E-state index is 1.04. The Bertz CT molecular complexity index is 5290. The van der Waals surface area contributed by atoms with Crippen molar-refractivity contribution in [3.8, 4) is 28.2 Å². The van der Waals surface area contributed by atoms with E-state index in [2.05, 4.69) is 360 Å². The van der Waals surface area contributed by atoms with Crippen LogP contribution < -0.4 is 36.3 Å². The minimum Gasteiger partial charge on any atom is -0.309 e. The van der Waals surface area contributed by atoms with Crippen LogP contribution in [0.5, 0.6) is 0 Å². The van der Waals surface area contributed by atoms with E-state index in [0.717, 1.165) is 46.5 Å². The highest BCUT2D eigenvalue weighted by molar-refractivity contribution is 7.20. The minimum atomic E-state index is -2.82. The molecule has 0 bridgehead atoms. The highest BCUT2D eigenvalue weighted by atomic mass is 28.3. The van der Waals surface area contributed by atoms with Gasteiger partial charge in [-0.2, -0.15) is 0 Å². The average molecular weight is 1170 g/mol. The van der Waals surface area contributed by atoms with Crippen LogP contribution in [0.25, 0.3) is 93.6 Å². The summed E-state index contributed by atoms with van der Waals surface area (Å²) in [6, 6.07) is 123. The number of para-hydroxylation sites is 5. The first-order valence-corrected chi connectivity index (χ1v) is 35.1. The van der Waals surface area contributed by atoms with E-state index in [1.54, 1.807) is 5.20 Å². The summed E-state index contributed by atoms with van der Waals surface area (Å²) in [6.45, 7) is 0. The van der Waals surface area contributed by atoms with Gasteiger partial charge in [-0.25, -0.2) is 0 Å². The lowest BCUT2D eigenvalue weighted by Crippen LogP contribution is -2.74. The molecule has 420 valence electrons. The molecule has 0 amide bonds. The fourth-order valence-corrected chi connectivity index (χ4v) is 25.3. The Labute approximate surface area is 520 Å². The lowest BCUT2D eigenvalue weighted by atomic mass is 10.0. The van der Waals surface area contributed by atoms with Gasteiger partial charge in [0, 0.05) is 49.1 Å². The third-order valence-corrected chi connectivity index (χ3v) is 29.0. The summed E-state index contributed by atoms with van der Waals surface area (Å²) in [7, 11) is -5.53. The first-order chi connectivity index (χ1) is 44.2. The molecule has 0 saturated heterocycles. The molecule has 3 heterocycles. The standard InChI is InChI=1S/C84H61N3Si2/c1-7-29-61(30-8-1)88(62-31-9-2-10-32-62,63-33-11-3-12-34-63)67-52-55-82-75(58-67)72-44-21-24-46-77(72)85(82)60-51-54-83-74(57-60)71-43-22-27-49-80(71)86(83)78-47-25-19-41-69(78)70-42-20-26-48-79(70)87-81-50-28-23-45-73(81)76-59-68(53-56-84(76)87)89(64-35-13-4-14-36-64,65-37-15-5-16-38-65)66-39-17-6-18-40-66/h1-11,13-33,35-59H,12,34H2. The van der Waals surface area contributed by atoms with Gasteiger partial charge in [-0.15, -0.1) is 0 Å². The maximum absolute atomic E-state index is 2.82. The van der Waals surface area contributed by atoms with Gasteiger partial charge in [-0.05, 0) is 110 Å². The van der Waals surface area contributed by atoms with E-state index in [9.17, 15) is 0 Å². The maximum atomic E-state index is 2.56. The van der Waals surface area contributed by atoms with Gasteiger partial charge in [0.15, 0.2) is 16.1 Å². The molecule has 0 radical (unpaired) electrons. The molecule has 13 aromatic carbocycles. The molecule has 1 aliphatic carbocycles. The Morgan fingerprint density at radius 1 is 0.247 bits per heavy atom. The number of allylic oxidation sites excluding steroid dienone is 4. The Morgan fingerprint density at radius 3 is 1.02 bits per heavy atom. The van der Waals surface area contributed by atoms with E-state index >= 15 is 0 Å². The number of hydrogen-bond acceptors (Lipinski definition) is 0. The lowest BCUT2D eigenvalue weighted by molar-refractivity contribution is 1.01. The van der Waals surface area contributed by atoms with Gasteiger partial charge < -0.3 is 13.7 Å². The summed E-state index contributed by atoms with van der Waals surface area (Å²) in [4.78, 5) is 0. The van der Waals surface area contributed by atoms with Crippen molar-refractivity contribution < 1.29 is 0 Å². The molecule has 5 heteroatoms. The van der Waals surface area contributed by atoms with Crippen molar-refractivity contribution in [3.63, 3.8) is 0 Å². The van der Waals surface area contributed by atoms with Crippen LogP contribution in [-0.2, 0) is 0 Å². The molecule has 0 N–H and O–H groups in total. The van der Waals surface area contributed by atoms with Crippen molar-refractivity contribution in [2.24, 2.45) is 0 Å². The number of aromatic nitrogens is 3. The predicted octanol–water partition coefficient (Wildman–Crippen LogP) is 16.3. The summed E-state index contributed by atoms with van der Waals surface area (Å²) >= 11 is 0. The Hall–Kier alpha value is -10.8. The van der Waals surface area contributed by atoms with Gasteiger partial charge in [-0.1, -0.05) is 290 Å². The maximum Gasteiger partial charge on any atom is 0.179 e. The quantitative estimate of drug-likeness (QED) is 0.0855. The van der Waals surface area contributed by atoms with Gasteiger partial charge >= 0.3 is 0 Å². The molecule has 16 aromatic rings. The van der Waals surface area contributed by atoms with E-state index in [0.29, 0.717) is 0 Å². The fourth-order valence-electron chi connectivity index (χ4n) is 15.5. The summed E-state index contributed by atoms with van der Waals surface area (Å²) in [5.74, 6) is 0. The zero-order valence-electron chi connectivity index (χ0n) is 49.2. The van der Waals surface area contributed by atoms with Crippen molar-refractivity contribution in [3.05, 3.63) is 351 Å². The normalized spacial score (nSPS) is 12.9. The number of hydrogen-bond donors (Lipinski definition) is 0. The highest BCUT2D eigenvalue weighted by Gasteiger charge is 2.44. The molecule has 0 aliphatic heterocycles. The topological polar surface area (TPSA) is 14.8 Å². The highest BCUT2D eigenvalue weighted by Crippen LogP contribution is 2.42. The number of rotatable bonds is 12. The zero-order valence-corrected chi connectivity index (χ0v) is 51.2. The largest absolute Gasteiger partial charge is 0.309 e. The second kappa shape index (κ2) is 21.5. The number of nitrogens with zero attached hydrogens (tertiary/aromatic N) is 3. The second-order valence-electron chi connectivity index (χ2n) is 23.7.